The van der Waals surface area contributed by atoms with E-state index in [0.29, 0.717) is 0 Å². The van der Waals surface area contributed by atoms with E-state index in [0.717, 1.165) is 72.0 Å². The van der Waals surface area contributed by atoms with E-state index in [9.17, 15) is 0 Å². The third-order valence-corrected chi connectivity index (χ3v) is 6.90. The number of rotatable bonds is 9. The van der Waals surface area contributed by atoms with Gasteiger partial charge in [0.2, 0.25) is 0 Å². The van der Waals surface area contributed by atoms with Crippen molar-refractivity contribution >= 4 is 46.9 Å². The lowest BCUT2D eigenvalue weighted by molar-refractivity contribution is 1.50. The lowest BCUT2D eigenvalue weighted by Gasteiger charge is -2.22. The van der Waals surface area contributed by atoms with Crippen molar-refractivity contribution in [3.8, 4) is 22.3 Å². The average Bonchev–Trinajstić information content (AvgIpc) is 2.95. The lowest BCUT2D eigenvalue weighted by atomic mass is 9.81. The van der Waals surface area contributed by atoms with Crippen molar-refractivity contribution in [2.24, 2.45) is 0 Å². The number of hydrogen-bond acceptors (Lipinski definition) is 1. The Hall–Kier alpha value is -4.75. The molecule has 0 fully saturated rings. The molecule has 1 heteroatoms. The molecule has 0 amide bonds. The molecule has 1 N–H and O–H groups in total. The van der Waals surface area contributed by atoms with E-state index < -0.39 is 0 Å². The van der Waals surface area contributed by atoms with Gasteiger partial charge in [-0.25, -0.2) is 0 Å². The Balaban J connectivity index is 2.10. The minimum absolute atomic E-state index is 0.858. The van der Waals surface area contributed by atoms with Gasteiger partial charge in [-0.2, -0.15) is 0 Å². The lowest BCUT2D eigenvalue weighted by Crippen LogP contribution is -1.98. The Morgan fingerprint density at radius 1 is 0.649 bits per heavy atom. The van der Waals surface area contributed by atoms with E-state index in [1.165, 1.54) is 6.21 Å². The normalized spacial score (nSPS) is 11.4. The van der Waals surface area contributed by atoms with E-state index in [4.69, 9.17) is 5.41 Å². The van der Waals surface area contributed by atoms with Crippen molar-refractivity contribution in [1.82, 2.24) is 0 Å². The summed E-state index contributed by atoms with van der Waals surface area (Å²) >= 11 is 0. The van der Waals surface area contributed by atoms with Gasteiger partial charge < -0.3 is 5.41 Å². The van der Waals surface area contributed by atoms with E-state index >= 15 is 0 Å². The topological polar surface area (TPSA) is 23.9 Å². The monoisotopic (exact) mass is 477 g/mol. The summed E-state index contributed by atoms with van der Waals surface area (Å²) in [6, 6.07) is 23.1. The van der Waals surface area contributed by atoms with Crippen molar-refractivity contribution in [1.29, 1.82) is 5.41 Å². The third-order valence-electron chi connectivity index (χ3n) is 6.90. The third kappa shape index (κ3) is 4.37. The molecule has 0 saturated heterocycles. The zero-order valence-electron chi connectivity index (χ0n) is 21.4. The molecule has 1 nitrogen and oxygen atoms in total. The predicted octanol–water partition coefficient (Wildman–Crippen LogP) is 10.4. The second-order valence-corrected chi connectivity index (χ2v) is 8.77. The fourth-order valence-corrected chi connectivity index (χ4v) is 5.06. The number of allylic oxidation sites excluding steroid dienone is 3. The first-order chi connectivity index (χ1) is 18.0. The van der Waals surface area contributed by atoms with Gasteiger partial charge in [-0.3, -0.25) is 0 Å². The minimum atomic E-state index is 0.858. The molecule has 0 unspecified atom stereocenters. The molecule has 0 aliphatic rings. The molecule has 0 aromatic heterocycles. The summed E-state index contributed by atoms with van der Waals surface area (Å²) in [6.07, 6.45) is 10.8. The van der Waals surface area contributed by atoms with Crippen LogP contribution >= 0.6 is 0 Å². The van der Waals surface area contributed by atoms with Crippen LogP contribution in [-0.4, -0.2) is 6.21 Å². The highest BCUT2D eigenvalue weighted by Crippen LogP contribution is 2.44. The molecule has 0 aliphatic carbocycles. The molecule has 4 aromatic rings. The van der Waals surface area contributed by atoms with Gasteiger partial charge in [0, 0.05) is 11.8 Å². The van der Waals surface area contributed by atoms with Crippen LogP contribution in [0.15, 0.2) is 111 Å². The van der Waals surface area contributed by atoms with E-state index in [1.807, 2.05) is 31.2 Å². The predicted molar refractivity (Wildman–Crippen MR) is 167 cm³/mol. The van der Waals surface area contributed by atoms with E-state index in [1.54, 1.807) is 6.08 Å². The summed E-state index contributed by atoms with van der Waals surface area (Å²) in [5.74, 6) is 0. The summed E-state index contributed by atoms with van der Waals surface area (Å²) in [5.41, 5.74) is 11.3. The minimum Gasteiger partial charge on any atom is -0.308 e. The second-order valence-electron chi connectivity index (χ2n) is 8.77. The molecule has 4 aromatic carbocycles. The summed E-state index contributed by atoms with van der Waals surface area (Å²) in [5, 5.41) is 10.1. The fraction of sp³-hybridized carbons (Fsp3) is 0.0278. The summed E-state index contributed by atoms with van der Waals surface area (Å²) in [4.78, 5) is 0. The summed E-state index contributed by atoms with van der Waals surface area (Å²) < 4.78 is 0. The molecule has 4 rings (SSSR count). The number of benzene rings is 4. The SMILES string of the molecule is C=C/C(C)=C(\C=N)c1ccc(-c2c(C=C)c(C=C)c(-c3cccc(C=C)c3C=C)c3ccccc23)cc1. The van der Waals surface area contributed by atoms with Gasteiger partial charge >= 0.3 is 0 Å². The van der Waals surface area contributed by atoms with Crippen LogP contribution in [0.5, 0.6) is 0 Å². The quantitative estimate of drug-likeness (QED) is 0.183. The summed E-state index contributed by atoms with van der Waals surface area (Å²) in [7, 11) is 0. The van der Waals surface area contributed by atoms with Gasteiger partial charge in [0.25, 0.3) is 0 Å². The fourth-order valence-electron chi connectivity index (χ4n) is 5.06. The molecular weight excluding hydrogens is 446 g/mol. The van der Waals surface area contributed by atoms with Crippen LogP contribution in [0.25, 0.3) is 62.9 Å². The van der Waals surface area contributed by atoms with Crippen LogP contribution in [0.2, 0.25) is 0 Å². The smallest absolute Gasteiger partial charge is 0.0259 e. The zero-order valence-corrected chi connectivity index (χ0v) is 21.4. The van der Waals surface area contributed by atoms with Gasteiger partial charge in [-0.05, 0) is 73.3 Å². The average molecular weight is 478 g/mol. The molecule has 0 heterocycles. The van der Waals surface area contributed by atoms with Gasteiger partial charge in [0.15, 0.2) is 0 Å². The highest BCUT2D eigenvalue weighted by Gasteiger charge is 2.20. The maximum Gasteiger partial charge on any atom is 0.0259 e. The van der Waals surface area contributed by atoms with Crippen molar-refractivity contribution in [2.45, 2.75) is 6.92 Å². The first kappa shape index (κ1) is 25.3. The molecule has 0 aliphatic heterocycles. The maximum atomic E-state index is 7.87. The Kier molecular flexibility index (Phi) is 7.46. The Labute approximate surface area is 220 Å². The Morgan fingerprint density at radius 3 is 1.78 bits per heavy atom. The van der Waals surface area contributed by atoms with Crippen molar-refractivity contribution in [3.63, 3.8) is 0 Å². The molecule has 0 atom stereocenters. The van der Waals surface area contributed by atoms with Crippen LogP contribution in [-0.2, 0) is 0 Å². The molecule has 0 bridgehead atoms. The highest BCUT2D eigenvalue weighted by atomic mass is 14.3. The Morgan fingerprint density at radius 2 is 1.24 bits per heavy atom. The van der Waals surface area contributed by atoms with E-state index in [2.05, 4.69) is 99.6 Å². The largest absolute Gasteiger partial charge is 0.308 e. The first-order valence-electron chi connectivity index (χ1n) is 12.2. The summed E-state index contributed by atoms with van der Waals surface area (Å²) in [6.45, 7) is 22.3. The van der Waals surface area contributed by atoms with Crippen LogP contribution in [0.1, 0.15) is 34.7 Å². The van der Waals surface area contributed by atoms with Crippen LogP contribution < -0.4 is 0 Å². The van der Waals surface area contributed by atoms with Crippen molar-refractivity contribution < 1.29 is 0 Å². The number of fused-ring (bicyclic) bond motifs is 1. The van der Waals surface area contributed by atoms with Gasteiger partial charge in [0.05, 0.1) is 0 Å². The zero-order chi connectivity index (χ0) is 26.5. The second kappa shape index (κ2) is 10.9. The molecule has 0 saturated carbocycles. The number of hydrogen-bond donors (Lipinski definition) is 1. The van der Waals surface area contributed by atoms with Gasteiger partial charge in [0.1, 0.15) is 0 Å². The van der Waals surface area contributed by atoms with Crippen LogP contribution in [0.3, 0.4) is 0 Å². The van der Waals surface area contributed by atoms with Crippen LogP contribution in [0.4, 0.5) is 0 Å². The molecule has 37 heavy (non-hydrogen) atoms. The van der Waals surface area contributed by atoms with Crippen molar-refractivity contribution in [2.75, 3.05) is 0 Å². The maximum absolute atomic E-state index is 7.87. The van der Waals surface area contributed by atoms with Gasteiger partial charge in [-0.15, -0.1) is 0 Å². The Bertz CT molecular complexity index is 1610. The molecule has 180 valence electrons. The highest BCUT2D eigenvalue weighted by molar-refractivity contribution is 6.13. The molecular formula is C36H31N. The molecule has 0 spiro atoms. The van der Waals surface area contributed by atoms with Gasteiger partial charge in [-0.1, -0.05) is 130 Å². The molecule has 0 radical (unpaired) electrons. The van der Waals surface area contributed by atoms with Crippen LogP contribution in [0, 0.1) is 5.41 Å². The first-order valence-corrected chi connectivity index (χ1v) is 12.2. The van der Waals surface area contributed by atoms with Crippen molar-refractivity contribution in [3.05, 3.63) is 139 Å². The van der Waals surface area contributed by atoms with E-state index in [-0.39, 0.29) is 0 Å². The standard InChI is InChI=1S/C36H31N/c1-7-24(6)34(23-37)26-19-21-27(22-20-26)35-29(10-4)30(11-5)36(33-17-13-12-16-32(33)35)31-18-14-15-25(8-2)28(31)9-3/h7-23,37H,1-5H2,6H3/b34-24+,37-23?. The number of nitrogens with one attached hydrogen (secondary N) is 1.